The van der Waals surface area contributed by atoms with Crippen molar-refractivity contribution < 1.29 is 24.6 Å². The standard InChI is InChI=1S/C24H17NO5/c26-21(27)13-19-18-3-1-2-4-20(18)25-22(19)23(28)16-9-5-14(6-10-16)15-7-11-17(12-8-15)24(29)30/h1-12,25H,13H2,(H,26,27)(H,29,30). The molecule has 0 aliphatic heterocycles. The summed E-state index contributed by atoms with van der Waals surface area (Å²) in [6.07, 6.45) is -0.251. The first kappa shape index (κ1) is 19.1. The van der Waals surface area contributed by atoms with E-state index in [-0.39, 0.29) is 23.5 Å². The molecule has 0 amide bonds. The van der Waals surface area contributed by atoms with Gasteiger partial charge in [0.15, 0.2) is 0 Å². The second-order valence-electron chi connectivity index (χ2n) is 6.88. The smallest absolute Gasteiger partial charge is 0.335 e. The summed E-state index contributed by atoms with van der Waals surface area (Å²) in [4.78, 5) is 38.5. The zero-order valence-electron chi connectivity index (χ0n) is 15.8. The molecule has 0 saturated heterocycles. The number of para-hydroxylation sites is 1. The lowest BCUT2D eigenvalue weighted by atomic mass is 9.98. The number of aliphatic carboxylic acids is 1. The zero-order chi connectivity index (χ0) is 21.3. The van der Waals surface area contributed by atoms with Crippen LogP contribution in [0.4, 0.5) is 0 Å². The quantitative estimate of drug-likeness (QED) is 0.417. The predicted molar refractivity (Wildman–Crippen MR) is 112 cm³/mol. The molecule has 6 heteroatoms. The van der Waals surface area contributed by atoms with Gasteiger partial charge < -0.3 is 15.2 Å². The first-order valence-electron chi connectivity index (χ1n) is 9.24. The number of carboxylic acids is 2. The highest BCUT2D eigenvalue weighted by Crippen LogP contribution is 2.26. The summed E-state index contributed by atoms with van der Waals surface area (Å²) in [7, 11) is 0. The molecule has 0 bridgehead atoms. The van der Waals surface area contributed by atoms with Gasteiger partial charge in [-0.15, -0.1) is 0 Å². The minimum Gasteiger partial charge on any atom is -0.481 e. The number of aromatic nitrogens is 1. The van der Waals surface area contributed by atoms with E-state index in [2.05, 4.69) is 4.98 Å². The number of carbonyl (C=O) groups excluding carboxylic acids is 1. The molecular formula is C24H17NO5. The fourth-order valence-electron chi connectivity index (χ4n) is 3.49. The number of carboxylic acid groups (broad SMARTS) is 2. The Morgan fingerprint density at radius 1 is 0.733 bits per heavy atom. The molecule has 3 N–H and O–H groups in total. The molecule has 148 valence electrons. The lowest BCUT2D eigenvalue weighted by Crippen LogP contribution is -2.08. The number of nitrogens with one attached hydrogen (secondary N) is 1. The van der Waals surface area contributed by atoms with Crippen molar-refractivity contribution in [2.45, 2.75) is 6.42 Å². The molecule has 0 aliphatic carbocycles. The van der Waals surface area contributed by atoms with E-state index in [0.29, 0.717) is 16.6 Å². The largest absolute Gasteiger partial charge is 0.481 e. The number of hydrogen-bond acceptors (Lipinski definition) is 3. The number of H-pyrrole nitrogens is 1. The molecule has 0 atom stereocenters. The van der Waals surface area contributed by atoms with Crippen LogP contribution in [0.1, 0.15) is 32.0 Å². The maximum absolute atomic E-state index is 13.1. The first-order valence-corrected chi connectivity index (χ1v) is 9.24. The van der Waals surface area contributed by atoms with E-state index in [1.54, 1.807) is 54.6 Å². The average Bonchev–Trinajstić information content (AvgIpc) is 3.11. The van der Waals surface area contributed by atoms with Gasteiger partial charge >= 0.3 is 11.9 Å². The summed E-state index contributed by atoms with van der Waals surface area (Å²) in [6.45, 7) is 0. The first-order chi connectivity index (χ1) is 14.4. The summed E-state index contributed by atoms with van der Waals surface area (Å²) < 4.78 is 0. The Balaban J connectivity index is 1.67. The summed E-state index contributed by atoms with van der Waals surface area (Å²) in [5.74, 6) is -2.28. The van der Waals surface area contributed by atoms with Crippen molar-refractivity contribution in [3.63, 3.8) is 0 Å². The highest BCUT2D eigenvalue weighted by Gasteiger charge is 2.21. The highest BCUT2D eigenvalue weighted by molar-refractivity contribution is 6.12. The fourth-order valence-corrected chi connectivity index (χ4v) is 3.49. The van der Waals surface area contributed by atoms with Gasteiger partial charge in [0.1, 0.15) is 0 Å². The molecule has 3 aromatic carbocycles. The zero-order valence-corrected chi connectivity index (χ0v) is 15.8. The van der Waals surface area contributed by atoms with Gasteiger partial charge in [0.2, 0.25) is 5.78 Å². The Morgan fingerprint density at radius 3 is 1.87 bits per heavy atom. The van der Waals surface area contributed by atoms with Crippen LogP contribution in [0, 0.1) is 0 Å². The lowest BCUT2D eigenvalue weighted by Gasteiger charge is -2.06. The van der Waals surface area contributed by atoms with Gasteiger partial charge in [0.05, 0.1) is 17.7 Å². The van der Waals surface area contributed by atoms with Crippen LogP contribution < -0.4 is 0 Å². The molecule has 6 nitrogen and oxygen atoms in total. The van der Waals surface area contributed by atoms with E-state index >= 15 is 0 Å². The van der Waals surface area contributed by atoms with Gasteiger partial charge in [-0.1, -0.05) is 54.6 Å². The summed E-state index contributed by atoms with van der Waals surface area (Å²) >= 11 is 0. The number of aromatic amines is 1. The van der Waals surface area contributed by atoms with Crippen molar-refractivity contribution in [2.24, 2.45) is 0 Å². The van der Waals surface area contributed by atoms with Crippen LogP contribution in [0.2, 0.25) is 0 Å². The molecule has 0 spiro atoms. The summed E-state index contributed by atoms with van der Waals surface area (Å²) in [5.41, 5.74) is 3.76. The van der Waals surface area contributed by atoms with Crippen molar-refractivity contribution in [2.75, 3.05) is 0 Å². The third kappa shape index (κ3) is 3.58. The SMILES string of the molecule is O=C(O)Cc1c(C(=O)c2ccc(-c3ccc(C(=O)O)cc3)cc2)[nH]c2ccccc12. The molecule has 0 saturated carbocycles. The van der Waals surface area contributed by atoms with Crippen LogP contribution in [-0.2, 0) is 11.2 Å². The van der Waals surface area contributed by atoms with Crippen LogP contribution in [0.15, 0.2) is 72.8 Å². The van der Waals surface area contributed by atoms with Crippen molar-refractivity contribution in [1.82, 2.24) is 4.98 Å². The number of carbonyl (C=O) groups is 3. The fraction of sp³-hybridized carbons (Fsp3) is 0.0417. The number of ketones is 1. The molecular weight excluding hydrogens is 382 g/mol. The molecule has 30 heavy (non-hydrogen) atoms. The summed E-state index contributed by atoms with van der Waals surface area (Å²) in [5, 5.41) is 19.0. The van der Waals surface area contributed by atoms with Crippen LogP contribution in [0.3, 0.4) is 0 Å². The third-order valence-corrected chi connectivity index (χ3v) is 4.98. The number of aromatic carboxylic acids is 1. The molecule has 4 aromatic rings. The van der Waals surface area contributed by atoms with E-state index in [1.165, 1.54) is 12.1 Å². The molecule has 0 aliphatic rings. The Morgan fingerprint density at radius 2 is 1.30 bits per heavy atom. The second kappa shape index (κ2) is 7.67. The molecule has 0 fully saturated rings. The number of rotatable bonds is 6. The molecule has 1 aromatic heterocycles. The van der Waals surface area contributed by atoms with Gasteiger partial charge in [0.25, 0.3) is 0 Å². The number of benzene rings is 3. The number of hydrogen-bond donors (Lipinski definition) is 3. The Labute approximate surface area is 171 Å². The van der Waals surface area contributed by atoms with Crippen molar-refractivity contribution in [3.8, 4) is 11.1 Å². The van der Waals surface area contributed by atoms with E-state index < -0.39 is 11.9 Å². The van der Waals surface area contributed by atoms with Gasteiger partial charge in [0, 0.05) is 22.0 Å². The van der Waals surface area contributed by atoms with Crippen molar-refractivity contribution >= 4 is 28.6 Å². The van der Waals surface area contributed by atoms with Gasteiger partial charge in [-0.3, -0.25) is 9.59 Å². The average molecular weight is 399 g/mol. The predicted octanol–water partition coefficient (Wildman–Crippen LogP) is 4.39. The van der Waals surface area contributed by atoms with Crippen LogP contribution >= 0.6 is 0 Å². The lowest BCUT2D eigenvalue weighted by molar-refractivity contribution is -0.136. The monoisotopic (exact) mass is 399 g/mol. The van der Waals surface area contributed by atoms with E-state index in [0.717, 1.165) is 16.5 Å². The molecule has 4 rings (SSSR count). The second-order valence-corrected chi connectivity index (χ2v) is 6.88. The highest BCUT2D eigenvalue weighted by atomic mass is 16.4. The molecule has 1 heterocycles. The van der Waals surface area contributed by atoms with E-state index in [1.807, 2.05) is 6.07 Å². The van der Waals surface area contributed by atoms with E-state index in [4.69, 9.17) is 5.11 Å². The van der Waals surface area contributed by atoms with Crippen molar-refractivity contribution in [3.05, 3.63) is 95.2 Å². The van der Waals surface area contributed by atoms with Gasteiger partial charge in [-0.2, -0.15) is 0 Å². The van der Waals surface area contributed by atoms with Crippen molar-refractivity contribution in [1.29, 1.82) is 0 Å². The minimum absolute atomic E-state index is 0.204. The van der Waals surface area contributed by atoms with Crippen LogP contribution in [-0.4, -0.2) is 32.9 Å². The Kier molecular flexibility index (Phi) is 4.90. The minimum atomic E-state index is -1.01. The maximum atomic E-state index is 13.1. The molecule has 0 unspecified atom stereocenters. The van der Waals surface area contributed by atoms with Gasteiger partial charge in [-0.25, -0.2) is 4.79 Å². The maximum Gasteiger partial charge on any atom is 0.335 e. The summed E-state index contributed by atoms with van der Waals surface area (Å²) in [6, 6.07) is 20.6. The van der Waals surface area contributed by atoms with Crippen LogP contribution in [0.25, 0.3) is 22.0 Å². The normalized spacial score (nSPS) is 10.8. The Hall–Kier alpha value is -4.19. The molecule has 0 radical (unpaired) electrons. The number of fused-ring (bicyclic) bond motifs is 1. The van der Waals surface area contributed by atoms with Crippen LogP contribution in [0.5, 0.6) is 0 Å². The third-order valence-electron chi connectivity index (χ3n) is 4.98. The topological polar surface area (TPSA) is 107 Å². The Bertz CT molecular complexity index is 1270. The van der Waals surface area contributed by atoms with E-state index in [9.17, 15) is 19.5 Å². The van der Waals surface area contributed by atoms with Gasteiger partial charge in [-0.05, 0) is 29.3 Å².